The van der Waals surface area contributed by atoms with Crippen molar-refractivity contribution in [3.63, 3.8) is 0 Å². The lowest BCUT2D eigenvalue weighted by Gasteiger charge is -2.41. The van der Waals surface area contributed by atoms with Crippen LogP contribution in [0.3, 0.4) is 0 Å². The second-order valence-corrected chi connectivity index (χ2v) is 8.58. The predicted molar refractivity (Wildman–Crippen MR) is 134 cm³/mol. The number of rotatable bonds is 5. The molecule has 0 atom stereocenters. The standard InChI is InChI=1S/C30H21N3O3/c1-20-16-22(12-14-27(20)35-18-31)30(23-13-15-28(36-19-32)21(2)17-23)26-11-7-6-10-25(26)29(34)33(30)24-8-4-3-5-9-24/h3-17H,1-2H3. The average Bonchev–Trinajstić information content (AvgIpc) is 3.16. The number of amides is 1. The van der Waals surface area contributed by atoms with Gasteiger partial charge in [0, 0.05) is 11.3 Å². The van der Waals surface area contributed by atoms with E-state index in [-0.39, 0.29) is 5.91 Å². The number of nitriles is 2. The van der Waals surface area contributed by atoms with Crippen LogP contribution in [0.1, 0.15) is 38.2 Å². The highest BCUT2D eigenvalue weighted by atomic mass is 16.5. The van der Waals surface area contributed by atoms with E-state index >= 15 is 0 Å². The van der Waals surface area contributed by atoms with Gasteiger partial charge in [-0.15, -0.1) is 10.5 Å². The van der Waals surface area contributed by atoms with Gasteiger partial charge in [0.15, 0.2) is 0 Å². The molecular formula is C30H21N3O3. The molecule has 0 N–H and O–H groups in total. The molecule has 0 bridgehead atoms. The van der Waals surface area contributed by atoms with Crippen LogP contribution in [0, 0.1) is 36.9 Å². The molecular weight excluding hydrogens is 450 g/mol. The molecule has 1 heterocycles. The Labute approximate surface area is 209 Å². The van der Waals surface area contributed by atoms with E-state index in [4.69, 9.17) is 20.0 Å². The number of carbonyl (C=O) groups is 1. The summed E-state index contributed by atoms with van der Waals surface area (Å²) in [5, 5.41) is 18.1. The number of benzene rings is 4. The maximum Gasteiger partial charge on any atom is 0.292 e. The zero-order chi connectivity index (χ0) is 25.3. The van der Waals surface area contributed by atoms with Crippen molar-refractivity contribution in [2.24, 2.45) is 0 Å². The summed E-state index contributed by atoms with van der Waals surface area (Å²) in [5.41, 5.74) is 4.34. The minimum Gasteiger partial charge on any atom is -0.388 e. The van der Waals surface area contributed by atoms with Gasteiger partial charge in [0.1, 0.15) is 17.0 Å². The van der Waals surface area contributed by atoms with Crippen molar-refractivity contribution in [3.8, 4) is 24.0 Å². The zero-order valence-electron chi connectivity index (χ0n) is 19.7. The van der Waals surface area contributed by atoms with Crippen LogP contribution in [0.4, 0.5) is 5.69 Å². The minimum absolute atomic E-state index is 0.123. The molecule has 0 radical (unpaired) electrons. The molecule has 6 nitrogen and oxygen atoms in total. The lowest BCUT2D eigenvalue weighted by molar-refractivity contribution is 0.0986. The molecule has 1 aliphatic rings. The summed E-state index contributed by atoms with van der Waals surface area (Å²) in [5.74, 6) is 0.783. The second kappa shape index (κ2) is 8.94. The molecule has 5 rings (SSSR count). The summed E-state index contributed by atoms with van der Waals surface area (Å²) in [6.07, 6.45) is 3.47. The quantitative estimate of drug-likeness (QED) is 0.335. The number of ether oxygens (including phenoxy) is 2. The van der Waals surface area contributed by atoms with E-state index < -0.39 is 5.54 Å². The van der Waals surface area contributed by atoms with Crippen LogP contribution in [0.5, 0.6) is 11.5 Å². The normalized spacial score (nSPS) is 13.4. The zero-order valence-corrected chi connectivity index (χ0v) is 19.7. The highest BCUT2D eigenvalue weighted by molar-refractivity contribution is 6.13. The molecule has 1 amide bonds. The second-order valence-electron chi connectivity index (χ2n) is 8.58. The molecule has 0 aromatic heterocycles. The first-order valence-electron chi connectivity index (χ1n) is 11.4. The van der Waals surface area contributed by atoms with Gasteiger partial charge in [-0.2, -0.15) is 0 Å². The van der Waals surface area contributed by atoms with Crippen molar-refractivity contribution in [2.75, 3.05) is 4.90 Å². The Kier molecular flexibility index (Phi) is 5.64. The van der Waals surface area contributed by atoms with Gasteiger partial charge in [-0.3, -0.25) is 9.69 Å². The average molecular weight is 472 g/mol. The minimum atomic E-state index is -1.03. The monoisotopic (exact) mass is 471 g/mol. The van der Waals surface area contributed by atoms with Crippen molar-refractivity contribution in [1.82, 2.24) is 0 Å². The summed E-state index contributed by atoms with van der Waals surface area (Å²) < 4.78 is 10.3. The van der Waals surface area contributed by atoms with Crippen molar-refractivity contribution >= 4 is 11.6 Å². The van der Waals surface area contributed by atoms with E-state index in [2.05, 4.69) is 0 Å². The Bertz CT molecular complexity index is 1500. The molecule has 6 heteroatoms. The maximum atomic E-state index is 14.1. The molecule has 0 spiro atoms. The summed E-state index contributed by atoms with van der Waals surface area (Å²) in [4.78, 5) is 15.9. The Morgan fingerprint density at radius 2 is 1.25 bits per heavy atom. The number of hydrogen-bond acceptors (Lipinski definition) is 5. The summed E-state index contributed by atoms with van der Waals surface area (Å²) in [7, 11) is 0. The van der Waals surface area contributed by atoms with E-state index in [0.717, 1.165) is 33.5 Å². The van der Waals surface area contributed by atoms with E-state index in [1.54, 1.807) is 24.6 Å². The van der Waals surface area contributed by atoms with Gasteiger partial charge in [0.05, 0.1) is 0 Å². The third kappa shape index (κ3) is 3.36. The first-order valence-corrected chi connectivity index (χ1v) is 11.4. The number of carbonyl (C=O) groups excluding carboxylic acids is 1. The van der Waals surface area contributed by atoms with Crippen LogP contribution in [0.2, 0.25) is 0 Å². The number of hydrogen-bond donors (Lipinski definition) is 0. The van der Waals surface area contributed by atoms with E-state index in [9.17, 15) is 4.79 Å². The maximum absolute atomic E-state index is 14.1. The van der Waals surface area contributed by atoms with Crippen molar-refractivity contribution in [3.05, 3.63) is 124 Å². The van der Waals surface area contributed by atoms with Gasteiger partial charge in [-0.1, -0.05) is 48.5 Å². The highest BCUT2D eigenvalue weighted by Crippen LogP contribution is 2.52. The molecule has 0 unspecified atom stereocenters. The SMILES string of the molecule is Cc1cc(C2(c3ccc(OC#N)c(C)c3)c3ccccc3C(=O)N2c2ccccc2)ccc1OC#N. The van der Waals surface area contributed by atoms with Crippen LogP contribution >= 0.6 is 0 Å². The van der Waals surface area contributed by atoms with Crippen LogP contribution in [0.25, 0.3) is 0 Å². The van der Waals surface area contributed by atoms with E-state index in [0.29, 0.717) is 17.1 Å². The topological polar surface area (TPSA) is 86.3 Å². The van der Waals surface area contributed by atoms with Crippen molar-refractivity contribution in [2.45, 2.75) is 19.4 Å². The van der Waals surface area contributed by atoms with Gasteiger partial charge in [-0.25, -0.2) is 0 Å². The third-order valence-corrected chi connectivity index (χ3v) is 6.60. The fraction of sp³-hybridized carbons (Fsp3) is 0.100. The molecule has 1 aliphatic heterocycles. The number of fused-ring (bicyclic) bond motifs is 1. The summed E-state index contributed by atoms with van der Waals surface area (Å²) in [6.45, 7) is 3.74. The predicted octanol–water partition coefficient (Wildman–Crippen LogP) is 5.98. The van der Waals surface area contributed by atoms with Crippen LogP contribution < -0.4 is 14.4 Å². The first-order chi connectivity index (χ1) is 17.5. The van der Waals surface area contributed by atoms with Gasteiger partial charge >= 0.3 is 0 Å². The number of para-hydroxylation sites is 1. The first kappa shape index (κ1) is 22.7. The fourth-order valence-corrected chi connectivity index (χ4v) is 5.08. The summed E-state index contributed by atoms with van der Waals surface area (Å²) >= 11 is 0. The molecule has 0 fully saturated rings. The lowest BCUT2D eigenvalue weighted by Crippen LogP contribution is -2.46. The molecule has 174 valence electrons. The van der Waals surface area contributed by atoms with Crippen molar-refractivity contribution < 1.29 is 14.3 Å². The number of anilines is 1. The molecule has 36 heavy (non-hydrogen) atoms. The summed E-state index contributed by atoms with van der Waals surface area (Å²) in [6, 6.07) is 28.3. The Morgan fingerprint density at radius 1 is 0.722 bits per heavy atom. The van der Waals surface area contributed by atoms with Crippen LogP contribution in [-0.4, -0.2) is 5.91 Å². The lowest BCUT2D eigenvalue weighted by atomic mass is 9.76. The molecule has 4 aromatic carbocycles. The molecule has 0 saturated heterocycles. The van der Waals surface area contributed by atoms with Crippen molar-refractivity contribution in [1.29, 1.82) is 10.5 Å². The molecule has 0 aliphatic carbocycles. The Morgan fingerprint density at radius 3 is 1.78 bits per heavy atom. The van der Waals surface area contributed by atoms with Gasteiger partial charge < -0.3 is 9.47 Å². The molecule has 4 aromatic rings. The fourth-order valence-electron chi connectivity index (χ4n) is 5.08. The van der Waals surface area contributed by atoms with Crippen LogP contribution in [-0.2, 0) is 5.54 Å². The Balaban J connectivity index is 1.89. The van der Waals surface area contributed by atoms with Crippen LogP contribution in [0.15, 0.2) is 91.0 Å². The molecule has 0 saturated carbocycles. The smallest absolute Gasteiger partial charge is 0.292 e. The van der Waals surface area contributed by atoms with Gasteiger partial charge in [0.25, 0.3) is 18.4 Å². The Hall–Kier alpha value is -5.07. The van der Waals surface area contributed by atoms with E-state index in [1.165, 1.54) is 0 Å². The number of aryl methyl sites for hydroxylation is 2. The largest absolute Gasteiger partial charge is 0.388 e. The number of nitrogens with zero attached hydrogens (tertiary/aromatic N) is 3. The third-order valence-electron chi connectivity index (χ3n) is 6.60. The van der Waals surface area contributed by atoms with E-state index in [1.807, 2.05) is 97.6 Å². The highest BCUT2D eigenvalue weighted by Gasteiger charge is 2.53. The van der Waals surface area contributed by atoms with Gasteiger partial charge in [-0.05, 0) is 84.1 Å². The van der Waals surface area contributed by atoms with Gasteiger partial charge in [0.2, 0.25) is 0 Å².